The molecule has 4 aromatic heterocycles. The lowest BCUT2D eigenvalue weighted by molar-refractivity contribution is 0.591. The molecule has 9 rings (SSSR count). The summed E-state index contributed by atoms with van der Waals surface area (Å²) in [6.45, 7) is 13.7. The second-order valence-corrected chi connectivity index (χ2v) is 16.1. The van der Waals surface area contributed by atoms with E-state index in [1.807, 2.05) is 12.4 Å². The lowest BCUT2D eigenvalue weighted by Gasteiger charge is -2.33. The van der Waals surface area contributed by atoms with E-state index in [0.29, 0.717) is 0 Å². The van der Waals surface area contributed by atoms with Gasteiger partial charge in [0.15, 0.2) is 0 Å². The average Bonchev–Trinajstić information content (AvgIpc) is 3.66. The molecule has 0 aliphatic heterocycles. The molecule has 4 heterocycles. The van der Waals surface area contributed by atoms with Crippen LogP contribution in [0.25, 0.3) is 55.0 Å². The van der Waals surface area contributed by atoms with Crippen molar-refractivity contribution in [2.24, 2.45) is 14.1 Å². The summed E-state index contributed by atoms with van der Waals surface area (Å²) in [7, 11) is 4.37. The quantitative estimate of drug-likeness (QED) is 0.189. The summed E-state index contributed by atoms with van der Waals surface area (Å²) in [6.07, 6.45) is 3.80. The highest BCUT2D eigenvalue weighted by molar-refractivity contribution is 6.10. The number of nitrogens with zero attached hydrogens (tertiary/aromatic N) is 4. The first-order valence-electron chi connectivity index (χ1n) is 17.4. The number of pyridine rings is 2. The summed E-state index contributed by atoms with van der Waals surface area (Å²) in [5.74, 6) is 0. The number of aromatic nitrogens is 4. The molecule has 0 atom stereocenters. The maximum atomic E-state index is 4.99. The molecule has 8 aromatic rings. The van der Waals surface area contributed by atoms with Crippen LogP contribution in [-0.2, 0) is 30.3 Å². The van der Waals surface area contributed by atoms with Gasteiger partial charge in [-0.25, -0.2) is 0 Å². The number of rotatable bonds is 2. The fourth-order valence-electron chi connectivity index (χ4n) is 8.56. The van der Waals surface area contributed by atoms with E-state index in [9.17, 15) is 0 Å². The van der Waals surface area contributed by atoms with Gasteiger partial charge in [-0.2, -0.15) is 0 Å². The van der Waals surface area contributed by atoms with Gasteiger partial charge in [0, 0.05) is 70.1 Å². The van der Waals surface area contributed by atoms with E-state index in [2.05, 4.69) is 162 Å². The Morgan fingerprint density at radius 1 is 0.469 bits per heavy atom. The van der Waals surface area contributed by atoms with Crippen LogP contribution in [-0.4, -0.2) is 19.1 Å². The van der Waals surface area contributed by atoms with Crippen molar-refractivity contribution in [3.8, 4) is 11.4 Å². The van der Waals surface area contributed by atoms with Crippen LogP contribution in [0.5, 0.6) is 0 Å². The van der Waals surface area contributed by atoms with Crippen LogP contribution in [0, 0.1) is 0 Å². The van der Waals surface area contributed by atoms with Crippen molar-refractivity contribution in [1.29, 1.82) is 0 Å². The second kappa shape index (κ2) is 9.92. The molecule has 0 bridgehead atoms. The van der Waals surface area contributed by atoms with Crippen molar-refractivity contribution in [3.05, 3.63) is 143 Å². The predicted molar refractivity (Wildman–Crippen MR) is 205 cm³/mol. The third kappa shape index (κ3) is 4.04. The van der Waals surface area contributed by atoms with Gasteiger partial charge in [0.25, 0.3) is 0 Å². The Balaban J connectivity index is 1.41. The fraction of sp³-hybridized carbons (Fsp3) is 0.244. The minimum absolute atomic E-state index is 0.0522. The van der Waals surface area contributed by atoms with E-state index >= 15 is 0 Å². The zero-order valence-electron chi connectivity index (χ0n) is 29.7. The molecule has 0 unspecified atom stereocenters. The summed E-state index contributed by atoms with van der Waals surface area (Å²) in [4.78, 5) is 9.97. The molecule has 0 amide bonds. The minimum Gasteiger partial charge on any atom is -0.344 e. The number of benzene rings is 4. The molecule has 0 radical (unpaired) electrons. The van der Waals surface area contributed by atoms with Crippen molar-refractivity contribution in [1.82, 2.24) is 19.1 Å². The molecule has 0 spiro atoms. The summed E-state index contributed by atoms with van der Waals surface area (Å²) in [5.41, 5.74) is 13.9. The van der Waals surface area contributed by atoms with Crippen LogP contribution in [0.2, 0.25) is 0 Å². The normalized spacial score (nSPS) is 14.3. The SMILES string of the molecule is Cn1c2ccc(C(C)(C)C)cc2c2cc(C3(c4ccc5c(c4)c4cc(C(C)(C)C)ccc4n5C)c4cccnc4-c4ncccc43)ccc21. The van der Waals surface area contributed by atoms with Crippen LogP contribution in [0.4, 0.5) is 0 Å². The maximum absolute atomic E-state index is 4.99. The van der Waals surface area contributed by atoms with Crippen molar-refractivity contribution < 1.29 is 0 Å². The Morgan fingerprint density at radius 2 is 0.837 bits per heavy atom. The molecule has 49 heavy (non-hydrogen) atoms. The van der Waals surface area contributed by atoms with E-state index in [-0.39, 0.29) is 10.8 Å². The van der Waals surface area contributed by atoms with Gasteiger partial charge in [0.2, 0.25) is 0 Å². The Hall–Kier alpha value is -5.22. The third-order valence-corrected chi connectivity index (χ3v) is 11.3. The Kier molecular flexibility index (Phi) is 6.05. The molecule has 242 valence electrons. The van der Waals surface area contributed by atoms with Crippen LogP contribution >= 0.6 is 0 Å². The summed E-state index contributed by atoms with van der Waals surface area (Å²) in [5, 5.41) is 5.11. The predicted octanol–water partition coefficient (Wildman–Crippen LogP) is 10.7. The van der Waals surface area contributed by atoms with Gasteiger partial charge in [0.1, 0.15) is 0 Å². The van der Waals surface area contributed by atoms with Crippen molar-refractivity contribution in [3.63, 3.8) is 0 Å². The molecule has 4 heteroatoms. The lowest BCUT2D eigenvalue weighted by Crippen LogP contribution is -2.28. The van der Waals surface area contributed by atoms with Gasteiger partial charge in [0.05, 0.1) is 16.8 Å². The first kappa shape index (κ1) is 29.9. The highest BCUT2D eigenvalue weighted by Gasteiger charge is 2.48. The molecule has 0 fully saturated rings. The van der Waals surface area contributed by atoms with E-state index in [4.69, 9.17) is 9.97 Å². The topological polar surface area (TPSA) is 35.6 Å². The highest BCUT2D eigenvalue weighted by Crippen LogP contribution is 2.56. The monoisotopic (exact) mass is 638 g/mol. The first-order chi connectivity index (χ1) is 23.4. The number of hydrogen-bond donors (Lipinski definition) is 0. The summed E-state index contributed by atoms with van der Waals surface area (Å²) >= 11 is 0. The number of hydrogen-bond acceptors (Lipinski definition) is 2. The zero-order chi connectivity index (χ0) is 34.0. The molecule has 0 saturated heterocycles. The maximum Gasteiger partial charge on any atom is 0.0937 e. The van der Waals surface area contributed by atoms with Crippen molar-refractivity contribution in [2.45, 2.75) is 57.8 Å². The van der Waals surface area contributed by atoms with E-state index in [0.717, 1.165) is 11.4 Å². The van der Waals surface area contributed by atoms with E-state index in [1.165, 1.54) is 77.0 Å². The summed E-state index contributed by atoms with van der Waals surface area (Å²) < 4.78 is 4.67. The van der Waals surface area contributed by atoms with Crippen LogP contribution < -0.4 is 0 Å². The van der Waals surface area contributed by atoms with Crippen molar-refractivity contribution in [2.75, 3.05) is 0 Å². The highest BCUT2D eigenvalue weighted by atomic mass is 14.9. The van der Waals surface area contributed by atoms with Gasteiger partial charge >= 0.3 is 0 Å². The van der Waals surface area contributed by atoms with Gasteiger partial charge in [-0.15, -0.1) is 0 Å². The van der Waals surface area contributed by atoms with Gasteiger partial charge in [-0.05, 0) is 105 Å². The van der Waals surface area contributed by atoms with E-state index in [1.54, 1.807) is 0 Å². The molecular weight excluding hydrogens is 597 g/mol. The molecule has 0 saturated carbocycles. The van der Waals surface area contributed by atoms with Crippen LogP contribution in [0.15, 0.2) is 109 Å². The fourth-order valence-corrected chi connectivity index (χ4v) is 8.56. The Morgan fingerprint density at radius 3 is 1.22 bits per heavy atom. The van der Waals surface area contributed by atoms with Gasteiger partial charge < -0.3 is 9.13 Å². The standard InChI is InChI=1S/C45H42N4/c1-43(2,3)27-13-17-37-31(23-27)33-25-29(15-19-39(33)48(37)7)45(35-11-9-21-46-41(35)42-36(45)12-10-22-47-42)30-16-20-40-34(26-30)32-24-28(44(4,5)6)14-18-38(32)49(40)8/h9-26H,1-8H3. The molecule has 0 N–H and O–H groups in total. The van der Waals surface area contributed by atoms with Gasteiger partial charge in [-0.1, -0.05) is 77.9 Å². The summed E-state index contributed by atoms with van der Waals surface area (Å²) in [6, 6.07) is 36.9. The molecule has 4 aromatic carbocycles. The van der Waals surface area contributed by atoms with Crippen molar-refractivity contribution >= 4 is 43.6 Å². The first-order valence-corrected chi connectivity index (χ1v) is 17.4. The molecule has 1 aliphatic rings. The third-order valence-electron chi connectivity index (χ3n) is 11.3. The second-order valence-electron chi connectivity index (χ2n) is 16.1. The number of fused-ring (bicyclic) bond motifs is 9. The smallest absolute Gasteiger partial charge is 0.0937 e. The lowest BCUT2D eigenvalue weighted by atomic mass is 9.67. The Labute approximate surface area is 288 Å². The van der Waals surface area contributed by atoms with Crippen LogP contribution in [0.3, 0.4) is 0 Å². The average molecular weight is 639 g/mol. The molecular formula is C45H42N4. The minimum atomic E-state index is -0.608. The molecule has 1 aliphatic carbocycles. The zero-order valence-corrected chi connectivity index (χ0v) is 29.7. The molecule has 4 nitrogen and oxygen atoms in total. The van der Waals surface area contributed by atoms with Gasteiger partial charge in [-0.3, -0.25) is 9.97 Å². The van der Waals surface area contributed by atoms with Crippen LogP contribution in [0.1, 0.15) is 74.9 Å². The largest absolute Gasteiger partial charge is 0.344 e. The van der Waals surface area contributed by atoms with E-state index < -0.39 is 5.41 Å². The Bertz CT molecular complexity index is 2470. The number of aryl methyl sites for hydroxylation is 2.